The second-order valence-electron chi connectivity index (χ2n) is 7.47. The quantitative estimate of drug-likeness (QED) is 0.547. The number of benzene rings is 1. The van der Waals surface area contributed by atoms with Gasteiger partial charge in [-0.15, -0.1) is 0 Å². The number of hydrogen-bond donors (Lipinski definition) is 1. The Morgan fingerprint density at radius 3 is 2.61 bits per heavy atom. The van der Waals surface area contributed by atoms with Crippen LogP contribution in [0.2, 0.25) is 0 Å². The predicted molar refractivity (Wildman–Crippen MR) is 102 cm³/mol. The summed E-state index contributed by atoms with van der Waals surface area (Å²) in [7, 11) is 1.39. The molecule has 3 rings (SSSR count). The van der Waals surface area contributed by atoms with Gasteiger partial charge in [-0.25, -0.2) is 32.5 Å². The second-order valence-corrected chi connectivity index (χ2v) is 7.47. The standard InChI is InChI=1S/C20H20F4N4O3/c1-19(7-15(20(2,23)24)31-18(25)28-19)11-4-10(5-12(21)17(11)22)6-14(29)13-8-27-16(30-3)9-26-13/h4-5,8-9,15H,6-7H2,1-3H3,(H2,25,28)/t15-,19-/m0/s1. The highest BCUT2D eigenvalue weighted by atomic mass is 19.3. The molecule has 0 fully saturated rings. The molecule has 0 saturated heterocycles. The van der Waals surface area contributed by atoms with Crippen LogP contribution in [-0.2, 0) is 16.7 Å². The van der Waals surface area contributed by atoms with E-state index in [4.69, 9.17) is 15.2 Å². The Kier molecular flexibility index (Phi) is 5.88. The summed E-state index contributed by atoms with van der Waals surface area (Å²) in [5.41, 5.74) is 3.71. The zero-order valence-electron chi connectivity index (χ0n) is 17.0. The zero-order chi connectivity index (χ0) is 23.0. The molecule has 0 aliphatic carbocycles. The summed E-state index contributed by atoms with van der Waals surface area (Å²) in [5.74, 6) is -6.11. The number of amidine groups is 1. The fourth-order valence-corrected chi connectivity index (χ4v) is 3.30. The molecule has 1 aliphatic heterocycles. The van der Waals surface area contributed by atoms with Crippen LogP contribution in [-0.4, -0.2) is 40.9 Å². The molecule has 11 heteroatoms. The number of Topliss-reactive ketones (excluding diaryl/α,β-unsaturated/α-hetero) is 1. The van der Waals surface area contributed by atoms with E-state index in [0.29, 0.717) is 6.92 Å². The Hall–Kier alpha value is -3.24. The number of ether oxygens (including phenoxy) is 2. The number of aromatic nitrogens is 2. The highest BCUT2D eigenvalue weighted by molar-refractivity contribution is 5.95. The van der Waals surface area contributed by atoms with Gasteiger partial charge in [0, 0.05) is 25.3 Å². The predicted octanol–water partition coefficient (Wildman–Crippen LogP) is 3.16. The first kappa shape index (κ1) is 22.4. The lowest BCUT2D eigenvalue weighted by atomic mass is 9.83. The van der Waals surface area contributed by atoms with E-state index in [1.807, 2.05) is 0 Å². The normalized spacial score (nSPS) is 21.3. The van der Waals surface area contributed by atoms with Gasteiger partial charge in [-0.05, 0) is 24.6 Å². The average Bonchev–Trinajstić information content (AvgIpc) is 2.69. The number of alkyl halides is 2. The van der Waals surface area contributed by atoms with Gasteiger partial charge in [0.15, 0.2) is 23.5 Å². The molecule has 0 spiro atoms. The molecule has 31 heavy (non-hydrogen) atoms. The van der Waals surface area contributed by atoms with Crippen molar-refractivity contribution in [2.75, 3.05) is 7.11 Å². The molecule has 2 N–H and O–H groups in total. The Labute approximate surface area is 175 Å². The third-order valence-electron chi connectivity index (χ3n) is 4.92. The SMILES string of the molecule is COc1cnc(C(=O)Cc2cc(F)c(F)c([C@]3(C)C[C@@H](C(C)(F)F)OC(N)=N3)c2)cn1. The Balaban J connectivity index is 1.95. The maximum atomic E-state index is 14.7. The van der Waals surface area contributed by atoms with Crippen LogP contribution >= 0.6 is 0 Å². The summed E-state index contributed by atoms with van der Waals surface area (Å²) in [4.78, 5) is 24.2. The average molecular weight is 440 g/mol. The number of nitrogens with two attached hydrogens (primary N) is 1. The van der Waals surface area contributed by atoms with E-state index in [1.165, 1.54) is 32.5 Å². The molecule has 0 saturated carbocycles. The highest BCUT2D eigenvalue weighted by Gasteiger charge is 2.47. The number of rotatable bonds is 6. The van der Waals surface area contributed by atoms with Crippen molar-refractivity contribution in [3.63, 3.8) is 0 Å². The van der Waals surface area contributed by atoms with E-state index in [1.54, 1.807) is 0 Å². The van der Waals surface area contributed by atoms with Crippen molar-refractivity contribution in [1.29, 1.82) is 0 Å². The van der Waals surface area contributed by atoms with Crippen molar-refractivity contribution in [1.82, 2.24) is 9.97 Å². The van der Waals surface area contributed by atoms with Crippen LogP contribution in [0.5, 0.6) is 5.88 Å². The van der Waals surface area contributed by atoms with E-state index >= 15 is 0 Å². The van der Waals surface area contributed by atoms with Crippen LogP contribution < -0.4 is 10.5 Å². The number of carbonyl (C=O) groups excluding carboxylic acids is 1. The first-order valence-corrected chi connectivity index (χ1v) is 9.20. The second kappa shape index (κ2) is 8.12. The molecule has 7 nitrogen and oxygen atoms in total. The molecule has 0 radical (unpaired) electrons. The Morgan fingerprint density at radius 2 is 2.03 bits per heavy atom. The first-order chi connectivity index (χ1) is 14.4. The molecule has 1 aromatic heterocycles. The number of aliphatic imine (C=N–C) groups is 1. The first-order valence-electron chi connectivity index (χ1n) is 9.20. The maximum Gasteiger partial charge on any atom is 0.283 e. The van der Waals surface area contributed by atoms with E-state index in [-0.39, 0.29) is 29.1 Å². The van der Waals surface area contributed by atoms with Gasteiger partial charge < -0.3 is 15.2 Å². The highest BCUT2D eigenvalue weighted by Crippen LogP contribution is 2.40. The molecular formula is C20H20F4N4O3. The largest absolute Gasteiger partial charge is 0.480 e. The number of hydrogen-bond acceptors (Lipinski definition) is 7. The van der Waals surface area contributed by atoms with E-state index < -0.39 is 47.4 Å². The lowest BCUT2D eigenvalue weighted by molar-refractivity contribution is -0.103. The third-order valence-corrected chi connectivity index (χ3v) is 4.92. The number of halogens is 4. The minimum absolute atomic E-state index is 0.00249. The molecule has 2 heterocycles. The minimum atomic E-state index is -3.29. The zero-order valence-corrected chi connectivity index (χ0v) is 17.0. The molecule has 2 atom stereocenters. The fraction of sp³-hybridized carbons (Fsp3) is 0.400. The lowest BCUT2D eigenvalue weighted by Gasteiger charge is -2.37. The van der Waals surface area contributed by atoms with Crippen molar-refractivity contribution in [3.05, 3.63) is 53.0 Å². The summed E-state index contributed by atoms with van der Waals surface area (Å²) in [5, 5.41) is 0. The van der Waals surface area contributed by atoms with Gasteiger partial charge in [-0.1, -0.05) is 0 Å². The van der Waals surface area contributed by atoms with Crippen LogP contribution in [0.4, 0.5) is 17.6 Å². The van der Waals surface area contributed by atoms with Crippen molar-refractivity contribution in [3.8, 4) is 5.88 Å². The van der Waals surface area contributed by atoms with E-state index in [9.17, 15) is 22.4 Å². The molecule has 1 aliphatic rings. The maximum absolute atomic E-state index is 14.7. The van der Waals surface area contributed by atoms with Gasteiger partial charge in [0.1, 0.15) is 5.69 Å². The third kappa shape index (κ3) is 4.75. The Morgan fingerprint density at radius 1 is 1.32 bits per heavy atom. The van der Waals surface area contributed by atoms with E-state index in [2.05, 4.69) is 15.0 Å². The number of ketones is 1. The molecule has 0 bridgehead atoms. The lowest BCUT2D eigenvalue weighted by Crippen LogP contribution is -2.46. The van der Waals surface area contributed by atoms with Gasteiger partial charge in [0.25, 0.3) is 11.9 Å². The molecule has 0 unspecified atom stereocenters. The topological polar surface area (TPSA) is 99.7 Å². The Bertz CT molecular complexity index is 1020. The van der Waals surface area contributed by atoms with E-state index in [0.717, 1.165) is 6.07 Å². The summed E-state index contributed by atoms with van der Waals surface area (Å²) in [6.07, 6.45) is -0.0209. The molecule has 1 aromatic carbocycles. The summed E-state index contributed by atoms with van der Waals surface area (Å²) >= 11 is 0. The minimum Gasteiger partial charge on any atom is -0.480 e. The van der Waals surface area contributed by atoms with Crippen LogP contribution in [0.15, 0.2) is 29.5 Å². The smallest absolute Gasteiger partial charge is 0.283 e. The van der Waals surface area contributed by atoms with Gasteiger partial charge in [0.2, 0.25) is 5.88 Å². The number of methoxy groups -OCH3 is 1. The van der Waals surface area contributed by atoms with Crippen molar-refractivity contribution in [2.45, 2.75) is 44.3 Å². The molecule has 2 aromatic rings. The van der Waals surface area contributed by atoms with Gasteiger partial charge in [-0.2, -0.15) is 0 Å². The van der Waals surface area contributed by atoms with Crippen LogP contribution in [0, 0.1) is 11.6 Å². The van der Waals surface area contributed by atoms with Crippen LogP contribution in [0.3, 0.4) is 0 Å². The summed E-state index contributed by atoms with van der Waals surface area (Å²) in [6, 6.07) is 1.50. The van der Waals surface area contributed by atoms with Crippen molar-refractivity contribution < 1.29 is 31.8 Å². The summed E-state index contributed by atoms with van der Waals surface area (Å²) in [6.45, 7) is 1.98. The summed E-state index contributed by atoms with van der Waals surface area (Å²) < 4.78 is 66.5. The van der Waals surface area contributed by atoms with Gasteiger partial charge in [0.05, 0.1) is 25.0 Å². The molecule has 166 valence electrons. The van der Waals surface area contributed by atoms with Crippen LogP contribution in [0.1, 0.15) is 41.9 Å². The van der Waals surface area contributed by atoms with Crippen molar-refractivity contribution in [2.24, 2.45) is 10.7 Å². The van der Waals surface area contributed by atoms with Crippen molar-refractivity contribution >= 4 is 11.8 Å². The van der Waals surface area contributed by atoms with Gasteiger partial charge >= 0.3 is 0 Å². The monoisotopic (exact) mass is 440 g/mol. The fourth-order valence-electron chi connectivity index (χ4n) is 3.30. The number of carbonyl (C=O) groups is 1. The van der Waals surface area contributed by atoms with Gasteiger partial charge in [-0.3, -0.25) is 4.79 Å². The molecule has 0 amide bonds. The van der Waals surface area contributed by atoms with Crippen LogP contribution in [0.25, 0.3) is 0 Å². The number of nitrogens with zero attached hydrogens (tertiary/aromatic N) is 3. The molecular weight excluding hydrogens is 420 g/mol.